The SMILES string of the molecule is O=C(O)c1ccc(C(F)(F)F)cc1Oc1ccc2c(c1)CCC(CNCC(S)COc1ccccc1)O2. The summed E-state index contributed by atoms with van der Waals surface area (Å²) in [6.07, 6.45) is -3.28. The van der Waals surface area contributed by atoms with Gasteiger partial charge in [-0.2, -0.15) is 25.8 Å². The summed E-state index contributed by atoms with van der Waals surface area (Å²) in [4.78, 5) is 11.5. The predicted octanol–water partition coefficient (Wildman–Crippen LogP) is 5.86. The first-order valence-electron chi connectivity index (χ1n) is 11.7. The zero-order chi connectivity index (χ0) is 26.4. The van der Waals surface area contributed by atoms with Crippen molar-refractivity contribution in [1.82, 2.24) is 5.32 Å². The number of ether oxygens (including phenoxy) is 3. The van der Waals surface area contributed by atoms with Gasteiger partial charge in [-0.25, -0.2) is 4.79 Å². The van der Waals surface area contributed by atoms with Crippen molar-refractivity contribution < 1.29 is 37.3 Å². The fourth-order valence-corrected chi connectivity index (χ4v) is 4.10. The first-order valence-corrected chi connectivity index (χ1v) is 12.2. The lowest BCUT2D eigenvalue weighted by Gasteiger charge is -2.27. The maximum Gasteiger partial charge on any atom is 0.416 e. The largest absolute Gasteiger partial charge is 0.492 e. The number of para-hydroxylation sites is 1. The topological polar surface area (TPSA) is 77.0 Å². The summed E-state index contributed by atoms with van der Waals surface area (Å²) in [5.74, 6) is -0.0711. The Labute approximate surface area is 217 Å². The molecule has 2 N–H and O–H groups in total. The summed E-state index contributed by atoms with van der Waals surface area (Å²) in [6.45, 7) is 1.72. The highest BCUT2D eigenvalue weighted by molar-refractivity contribution is 7.81. The fraction of sp³-hybridized carbons (Fsp3) is 0.296. The number of halogens is 3. The van der Waals surface area contributed by atoms with Crippen molar-refractivity contribution >= 4 is 18.6 Å². The minimum atomic E-state index is -4.62. The number of benzene rings is 3. The minimum absolute atomic E-state index is 0.00216. The second kappa shape index (κ2) is 11.8. The molecule has 0 radical (unpaired) electrons. The van der Waals surface area contributed by atoms with Crippen LogP contribution in [0.2, 0.25) is 0 Å². The minimum Gasteiger partial charge on any atom is -0.492 e. The summed E-state index contributed by atoms with van der Waals surface area (Å²) in [5.41, 5.74) is -0.509. The van der Waals surface area contributed by atoms with Gasteiger partial charge in [0.25, 0.3) is 0 Å². The Balaban J connectivity index is 1.31. The molecule has 0 saturated heterocycles. The van der Waals surface area contributed by atoms with Crippen molar-refractivity contribution in [2.45, 2.75) is 30.4 Å². The van der Waals surface area contributed by atoms with Crippen LogP contribution in [0.4, 0.5) is 13.2 Å². The highest BCUT2D eigenvalue weighted by Gasteiger charge is 2.32. The third-order valence-corrected chi connectivity index (χ3v) is 6.10. The van der Waals surface area contributed by atoms with Gasteiger partial charge in [-0.1, -0.05) is 18.2 Å². The van der Waals surface area contributed by atoms with E-state index in [4.69, 9.17) is 14.2 Å². The van der Waals surface area contributed by atoms with Crippen molar-refractivity contribution in [2.75, 3.05) is 19.7 Å². The molecule has 0 fully saturated rings. The zero-order valence-corrected chi connectivity index (χ0v) is 20.6. The lowest BCUT2D eigenvalue weighted by Crippen LogP contribution is -2.37. The number of hydrogen-bond acceptors (Lipinski definition) is 6. The summed E-state index contributed by atoms with van der Waals surface area (Å²) in [7, 11) is 0. The average molecular weight is 534 g/mol. The summed E-state index contributed by atoms with van der Waals surface area (Å²) in [5, 5.41) is 12.7. The smallest absolute Gasteiger partial charge is 0.416 e. The molecule has 10 heteroatoms. The Bertz CT molecular complexity index is 1220. The maximum atomic E-state index is 13.1. The quantitative estimate of drug-likeness (QED) is 0.284. The van der Waals surface area contributed by atoms with Crippen molar-refractivity contribution in [3.63, 3.8) is 0 Å². The monoisotopic (exact) mass is 533 g/mol. The first-order chi connectivity index (χ1) is 17.7. The molecule has 3 aromatic carbocycles. The molecular weight excluding hydrogens is 507 g/mol. The normalized spacial score (nSPS) is 15.8. The van der Waals surface area contributed by atoms with Gasteiger partial charge in [0, 0.05) is 18.3 Å². The Hall–Kier alpha value is -3.37. The van der Waals surface area contributed by atoms with Crippen molar-refractivity contribution in [2.24, 2.45) is 0 Å². The van der Waals surface area contributed by atoms with Crippen LogP contribution < -0.4 is 19.5 Å². The Morgan fingerprint density at radius 1 is 1.11 bits per heavy atom. The zero-order valence-electron chi connectivity index (χ0n) is 19.7. The van der Waals surface area contributed by atoms with Gasteiger partial charge in [-0.15, -0.1) is 0 Å². The number of carboxylic acids is 1. The fourth-order valence-electron chi connectivity index (χ4n) is 3.89. The van der Waals surface area contributed by atoms with Crippen LogP contribution in [0.3, 0.4) is 0 Å². The maximum absolute atomic E-state index is 13.1. The van der Waals surface area contributed by atoms with Gasteiger partial charge in [-0.05, 0) is 66.9 Å². The van der Waals surface area contributed by atoms with Crippen LogP contribution in [0.1, 0.15) is 27.9 Å². The Morgan fingerprint density at radius 2 is 1.89 bits per heavy atom. The molecule has 0 bridgehead atoms. The van der Waals surface area contributed by atoms with E-state index < -0.39 is 17.7 Å². The number of aryl methyl sites for hydroxylation is 1. The van der Waals surface area contributed by atoms with E-state index in [1.807, 2.05) is 30.3 Å². The van der Waals surface area contributed by atoms with Crippen LogP contribution in [0.5, 0.6) is 23.0 Å². The number of carbonyl (C=O) groups is 1. The second-order valence-electron chi connectivity index (χ2n) is 8.60. The molecular formula is C27H26F3NO5S. The van der Waals surface area contributed by atoms with E-state index in [-0.39, 0.29) is 28.4 Å². The molecule has 0 saturated carbocycles. The molecule has 1 heterocycles. The second-order valence-corrected chi connectivity index (χ2v) is 9.33. The molecule has 3 aromatic rings. The summed E-state index contributed by atoms with van der Waals surface area (Å²) in [6, 6.07) is 16.7. The van der Waals surface area contributed by atoms with Gasteiger partial charge in [0.15, 0.2) is 0 Å². The van der Waals surface area contributed by atoms with Crippen molar-refractivity contribution in [3.05, 3.63) is 83.4 Å². The van der Waals surface area contributed by atoms with E-state index in [2.05, 4.69) is 17.9 Å². The highest BCUT2D eigenvalue weighted by atomic mass is 32.1. The Kier molecular flexibility index (Phi) is 8.50. The van der Waals surface area contributed by atoms with Gasteiger partial charge >= 0.3 is 12.1 Å². The van der Waals surface area contributed by atoms with Gasteiger partial charge < -0.3 is 24.6 Å². The van der Waals surface area contributed by atoms with E-state index in [0.717, 1.165) is 29.9 Å². The standard InChI is InChI=1S/C27H26F3NO5S/c28-27(29,30)18-7-10-23(26(32)33)25(13-18)35-20-9-11-24-17(12-20)6-8-21(36-24)14-31-15-22(37)16-34-19-4-2-1-3-5-19/h1-5,7,9-13,21-22,31,37H,6,8,14-16H2,(H,32,33). The third-order valence-electron chi connectivity index (χ3n) is 5.77. The van der Waals surface area contributed by atoms with E-state index in [0.29, 0.717) is 37.9 Å². The first kappa shape index (κ1) is 26.7. The van der Waals surface area contributed by atoms with Crippen LogP contribution >= 0.6 is 12.6 Å². The van der Waals surface area contributed by atoms with E-state index in [1.54, 1.807) is 18.2 Å². The van der Waals surface area contributed by atoms with Crippen LogP contribution in [0.15, 0.2) is 66.7 Å². The van der Waals surface area contributed by atoms with Crippen LogP contribution in [0, 0.1) is 0 Å². The van der Waals surface area contributed by atoms with Gasteiger partial charge in [-0.3, -0.25) is 0 Å². The Morgan fingerprint density at radius 3 is 2.62 bits per heavy atom. The van der Waals surface area contributed by atoms with Crippen LogP contribution in [-0.2, 0) is 12.6 Å². The molecule has 4 rings (SSSR count). The predicted molar refractivity (Wildman–Crippen MR) is 135 cm³/mol. The number of nitrogens with one attached hydrogen (secondary N) is 1. The molecule has 37 heavy (non-hydrogen) atoms. The molecule has 2 atom stereocenters. The van der Waals surface area contributed by atoms with Crippen molar-refractivity contribution in [1.29, 1.82) is 0 Å². The molecule has 1 aliphatic heterocycles. The van der Waals surface area contributed by atoms with Crippen LogP contribution in [-0.4, -0.2) is 42.1 Å². The average Bonchev–Trinajstić information content (AvgIpc) is 2.87. The molecule has 6 nitrogen and oxygen atoms in total. The van der Waals surface area contributed by atoms with E-state index in [1.165, 1.54) is 0 Å². The number of rotatable bonds is 10. The number of thiol groups is 1. The third kappa shape index (κ3) is 7.33. The van der Waals surface area contributed by atoms with Gasteiger partial charge in [0.05, 0.1) is 5.56 Å². The number of fused-ring (bicyclic) bond motifs is 1. The van der Waals surface area contributed by atoms with Gasteiger partial charge in [0.1, 0.15) is 41.3 Å². The summed E-state index contributed by atoms with van der Waals surface area (Å²) < 4.78 is 56.7. The molecule has 0 aliphatic carbocycles. The van der Waals surface area contributed by atoms with Crippen molar-refractivity contribution in [3.8, 4) is 23.0 Å². The molecule has 0 aromatic heterocycles. The number of hydrogen-bond donors (Lipinski definition) is 3. The molecule has 1 aliphatic rings. The van der Waals surface area contributed by atoms with Crippen LogP contribution in [0.25, 0.3) is 0 Å². The molecule has 0 spiro atoms. The lowest BCUT2D eigenvalue weighted by molar-refractivity contribution is -0.137. The van der Waals surface area contributed by atoms with E-state index in [9.17, 15) is 23.1 Å². The molecule has 2 unspecified atom stereocenters. The lowest BCUT2D eigenvalue weighted by atomic mass is 10.0. The van der Waals surface area contributed by atoms with E-state index >= 15 is 0 Å². The number of alkyl halides is 3. The highest BCUT2D eigenvalue weighted by Crippen LogP contribution is 2.37. The molecule has 196 valence electrons. The number of aromatic carboxylic acids is 1. The molecule has 0 amide bonds. The number of carboxylic acid groups (broad SMARTS) is 1. The summed E-state index contributed by atoms with van der Waals surface area (Å²) >= 11 is 4.56. The van der Waals surface area contributed by atoms with Gasteiger partial charge in [0.2, 0.25) is 0 Å².